The number of nitrogens with one attached hydrogen (secondary N) is 2. The van der Waals surface area contributed by atoms with Crippen LogP contribution in [0.4, 0.5) is 5.69 Å². The first-order valence-corrected chi connectivity index (χ1v) is 10.0. The Hall–Kier alpha value is -2.94. The van der Waals surface area contributed by atoms with Crippen molar-refractivity contribution in [3.8, 4) is 11.5 Å². The van der Waals surface area contributed by atoms with Crippen LogP contribution in [0.25, 0.3) is 22.5 Å². The van der Waals surface area contributed by atoms with Crippen LogP contribution < -0.4 is 5.32 Å². The molecule has 5 atom stereocenters. The minimum atomic E-state index is -1.24. The van der Waals surface area contributed by atoms with Crippen molar-refractivity contribution >= 4 is 22.7 Å². The molecule has 4 fully saturated rings. The summed E-state index contributed by atoms with van der Waals surface area (Å²) in [7, 11) is 0. The number of fused-ring (bicyclic) bond motifs is 1. The number of nitrogens with zero attached hydrogens (tertiary/aromatic N) is 3. The van der Waals surface area contributed by atoms with Gasteiger partial charge in [0.05, 0.1) is 16.9 Å². The van der Waals surface area contributed by atoms with Gasteiger partial charge < -0.3 is 25.0 Å². The zero-order valence-electron chi connectivity index (χ0n) is 15.6. The van der Waals surface area contributed by atoms with Crippen LogP contribution in [0, 0.1) is 17.8 Å². The summed E-state index contributed by atoms with van der Waals surface area (Å²) in [5.41, 5.74) is 1.64. The van der Waals surface area contributed by atoms with Crippen LogP contribution in [0.5, 0.6) is 0 Å². The lowest BCUT2D eigenvalue weighted by Gasteiger charge is -2.58. The van der Waals surface area contributed by atoms with E-state index >= 15 is 0 Å². The third-order valence-electron chi connectivity index (χ3n) is 6.99. The molecule has 0 aromatic carbocycles. The maximum Gasteiger partial charge on any atom is 0.377 e. The van der Waals surface area contributed by atoms with E-state index in [2.05, 4.69) is 25.4 Å². The predicted molar refractivity (Wildman–Crippen MR) is 102 cm³/mol. The smallest absolute Gasteiger partial charge is 0.377 e. The van der Waals surface area contributed by atoms with Crippen molar-refractivity contribution in [1.29, 1.82) is 0 Å². The molecule has 4 bridgehead atoms. The fourth-order valence-electron chi connectivity index (χ4n) is 6.13. The summed E-state index contributed by atoms with van der Waals surface area (Å²) in [6.07, 6.45) is 8.33. The molecule has 9 nitrogen and oxygen atoms in total. The average Bonchev–Trinajstić information content (AvgIpc) is 3.32. The highest BCUT2D eigenvalue weighted by molar-refractivity contribution is 5.97. The Labute approximate surface area is 165 Å². The van der Waals surface area contributed by atoms with Gasteiger partial charge in [-0.05, 0) is 61.1 Å². The normalized spacial score (nSPS) is 32.7. The number of hydrogen-bond acceptors (Lipinski definition) is 7. The van der Waals surface area contributed by atoms with E-state index in [1.165, 1.54) is 0 Å². The Morgan fingerprint density at radius 1 is 1.28 bits per heavy atom. The highest BCUT2D eigenvalue weighted by Gasteiger charge is 2.54. The molecule has 9 heteroatoms. The average molecular weight is 395 g/mol. The summed E-state index contributed by atoms with van der Waals surface area (Å²) < 4.78 is 5.23. The molecule has 4 N–H and O–H groups in total. The number of aromatic nitrogens is 4. The molecule has 0 amide bonds. The maximum absolute atomic E-state index is 11.2. The van der Waals surface area contributed by atoms with Gasteiger partial charge in [-0.2, -0.15) is 4.98 Å². The van der Waals surface area contributed by atoms with Gasteiger partial charge in [-0.1, -0.05) is 0 Å². The molecule has 0 spiro atoms. The summed E-state index contributed by atoms with van der Waals surface area (Å²) >= 11 is 0. The van der Waals surface area contributed by atoms with Gasteiger partial charge in [-0.15, -0.1) is 0 Å². The first-order valence-electron chi connectivity index (χ1n) is 10.0. The zero-order valence-corrected chi connectivity index (χ0v) is 15.6. The minimum absolute atomic E-state index is 0.128. The number of carbonyl (C=O) groups is 1. The van der Waals surface area contributed by atoms with E-state index in [9.17, 15) is 9.90 Å². The Kier molecular flexibility index (Phi) is 3.39. The third kappa shape index (κ3) is 2.57. The van der Waals surface area contributed by atoms with Crippen molar-refractivity contribution in [2.45, 2.75) is 43.7 Å². The van der Waals surface area contributed by atoms with E-state index in [1.807, 2.05) is 12.3 Å². The topological polar surface area (TPSA) is 137 Å². The van der Waals surface area contributed by atoms with E-state index in [-0.39, 0.29) is 17.8 Å². The van der Waals surface area contributed by atoms with Gasteiger partial charge in [0.25, 0.3) is 11.7 Å². The summed E-state index contributed by atoms with van der Waals surface area (Å²) in [5.74, 6) is -0.0368. The van der Waals surface area contributed by atoms with Crippen LogP contribution in [-0.2, 0) is 0 Å². The van der Waals surface area contributed by atoms with Crippen LogP contribution in [0.2, 0.25) is 0 Å². The Bertz CT molecular complexity index is 1110. The first kappa shape index (κ1) is 17.0. The number of pyridine rings is 1. The molecule has 3 unspecified atom stereocenters. The van der Waals surface area contributed by atoms with Gasteiger partial charge in [-0.3, -0.25) is 0 Å². The van der Waals surface area contributed by atoms with E-state index in [0.29, 0.717) is 23.3 Å². The van der Waals surface area contributed by atoms with Gasteiger partial charge in [0, 0.05) is 23.8 Å². The highest BCUT2D eigenvalue weighted by atomic mass is 16.5. The molecule has 0 aliphatic heterocycles. The number of carboxylic acids is 1. The van der Waals surface area contributed by atoms with Crippen molar-refractivity contribution < 1.29 is 19.5 Å². The van der Waals surface area contributed by atoms with Gasteiger partial charge in [0.15, 0.2) is 0 Å². The number of aromatic carboxylic acids is 1. The molecule has 3 aromatic heterocycles. The second kappa shape index (κ2) is 5.79. The highest BCUT2D eigenvalue weighted by Crippen LogP contribution is 2.56. The largest absolute Gasteiger partial charge is 0.475 e. The molecule has 150 valence electrons. The lowest BCUT2D eigenvalue weighted by Crippen LogP contribution is -2.59. The number of aromatic amines is 1. The van der Waals surface area contributed by atoms with Crippen LogP contribution in [-0.4, -0.2) is 47.9 Å². The number of H-pyrrole nitrogens is 1. The predicted octanol–water partition coefficient (Wildman–Crippen LogP) is 2.66. The second-order valence-electron chi connectivity index (χ2n) is 8.88. The van der Waals surface area contributed by atoms with Crippen molar-refractivity contribution in [3.05, 3.63) is 24.3 Å². The van der Waals surface area contributed by atoms with Crippen molar-refractivity contribution in [2.75, 3.05) is 5.32 Å². The van der Waals surface area contributed by atoms with E-state index in [0.717, 1.165) is 48.8 Å². The Morgan fingerprint density at radius 2 is 2.07 bits per heavy atom. The van der Waals surface area contributed by atoms with Gasteiger partial charge in [0.2, 0.25) is 0 Å². The van der Waals surface area contributed by atoms with Crippen molar-refractivity contribution in [1.82, 2.24) is 20.1 Å². The summed E-state index contributed by atoms with van der Waals surface area (Å²) in [6.45, 7) is 0. The van der Waals surface area contributed by atoms with E-state index in [4.69, 9.17) is 9.63 Å². The van der Waals surface area contributed by atoms with Gasteiger partial charge >= 0.3 is 5.97 Å². The Balaban J connectivity index is 1.42. The van der Waals surface area contributed by atoms with Crippen LogP contribution in [0.3, 0.4) is 0 Å². The van der Waals surface area contributed by atoms with Gasteiger partial charge in [-0.25, -0.2) is 9.78 Å². The number of anilines is 1. The number of carboxylic acid groups (broad SMARTS) is 1. The summed E-state index contributed by atoms with van der Waals surface area (Å²) in [5, 5.41) is 28.2. The molecule has 3 heterocycles. The van der Waals surface area contributed by atoms with Crippen LogP contribution in [0.1, 0.15) is 42.7 Å². The molecule has 3 aromatic rings. The zero-order chi connectivity index (χ0) is 19.8. The van der Waals surface area contributed by atoms with Crippen LogP contribution in [0.15, 0.2) is 23.0 Å². The number of aliphatic hydroxyl groups is 1. The van der Waals surface area contributed by atoms with Gasteiger partial charge in [0.1, 0.15) is 5.65 Å². The fraction of sp³-hybridized carbons (Fsp3) is 0.500. The molecule has 0 radical (unpaired) electrons. The molecule has 7 rings (SSSR count). The minimum Gasteiger partial charge on any atom is -0.475 e. The van der Waals surface area contributed by atoms with Crippen molar-refractivity contribution in [3.63, 3.8) is 0 Å². The first-order chi connectivity index (χ1) is 14.0. The quantitative estimate of drug-likeness (QED) is 0.529. The van der Waals surface area contributed by atoms with E-state index < -0.39 is 11.6 Å². The van der Waals surface area contributed by atoms with Crippen LogP contribution >= 0.6 is 0 Å². The molecule has 4 aliphatic rings. The molecule has 29 heavy (non-hydrogen) atoms. The lowest BCUT2D eigenvalue weighted by molar-refractivity contribution is -0.129. The summed E-state index contributed by atoms with van der Waals surface area (Å²) in [6, 6.07) is 2.18. The number of hydrogen-bond donors (Lipinski definition) is 4. The summed E-state index contributed by atoms with van der Waals surface area (Å²) in [4.78, 5) is 22.7. The molecular formula is C20H21N5O4. The SMILES string of the molecule is O=C(O)c1noc(-c2cnc3[nH]ccc3c2NC2[C@@H]3CC4C[C@H]2CC(O)(C4)C3)n1. The molecule has 0 saturated heterocycles. The molecule has 4 saturated carbocycles. The second-order valence-corrected chi connectivity index (χ2v) is 8.88. The third-order valence-corrected chi connectivity index (χ3v) is 6.99. The molecule has 4 aliphatic carbocycles. The van der Waals surface area contributed by atoms with E-state index in [1.54, 1.807) is 6.20 Å². The monoisotopic (exact) mass is 395 g/mol. The maximum atomic E-state index is 11.2. The van der Waals surface area contributed by atoms with Crippen molar-refractivity contribution in [2.24, 2.45) is 17.8 Å². The number of rotatable bonds is 4. The lowest BCUT2D eigenvalue weighted by atomic mass is 9.52. The Morgan fingerprint density at radius 3 is 2.76 bits per heavy atom. The standard InChI is InChI=1S/C20H21N5O4/c26-19(27)17-24-18(29-25-17)13-8-22-16-12(1-2-21-16)15(13)23-14-10-3-9-4-11(14)7-20(28,5-9)6-10/h1-2,8-11,14,28H,3-7H2,(H,26,27)(H2,21,22,23)/t9?,10-,11+,14?,20?. The fourth-order valence-corrected chi connectivity index (χ4v) is 6.13. The molecular weight excluding hydrogens is 374 g/mol.